The minimum atomic E-state index is -0.219. The third kappa shape index (κ3) is 4.79. The van der Waals surface area contributed by atoms with Crippen LogP contribution in [0.1, 0.15) is 55.2 Å². The van der Waals surface area contributed by atoms with Crippen molar-refractivity contribution in [2.24, 2.45) is 5.92 Å². The van der Waals surface area contributed by atoms with E-state index in [1.807, 2.05) is 18.2 Å². The van der Waals surface area contributed by atoms with Gasteiger partial charge in [0.25, 0.3) is 0 Å². The Bertz CT molecular complexity index is 767. The molecule has 0 aromatic heterocycles. The molecular formula is C24H29FN2O. The van der Waals surface area contributed by atoms with Gasteiger partial charge in [0.2, 0.25) is 5.91 Å². The number of likely N-dealkylation sites (tertiary alicyclic amines) is 1. The summed E-state index contributed by atoms with van der Waals surface area (Å²) in [6.07, 6.45) is 5.36. The molecule has 1 N–H and O–H groups in total. The molecule has 1 heterocycles. The number of amides is 1. The molecule has 0 bridgehead atoms. The van der Waals surface area contributed by atoms with Crippen LogP contribution in [0.15, 0.2) is 54.6 Å². The SMILES string of the molecule is O=C(CC(c1ccccc1)C1CC1)NCC(c1ccc(F)cc1)N1CCCC1. The van der Waals surface area contributed by atoms with Crippen LogP contribution < -0.4 is 5.32 Å². The Balaban J connectivity index is 1.40. The summed E-state index contributed by atoms with van der Waals surface area (Å²) in [7, 11) is 0. The average Bonchev–Trinajstić information content (AvgIpc) is 3.42. The second-order valence-electron chi connectivity index (χ2n) is 8.17. The zero-order chi connectivity index (χ0) is 19.3. The molecule has 1 saturated heterocycles. The fourth-order valence-corrected chi connectivity index (χ4v) is 4.43. The van der Waals surface area contributed by atoms with E-state index in [0.29, 0.717) is 24.8 Å². The molecule has 1 saturated carbocycles. The topological polar surface area (TPSA) is 32.3 Å². The highest BCUT2D eigenvalue weighted by Crippen LogP contribution is 2.44. The first-order chi connectivity index (χ1) is 13.7. The fraction of sp³-hybridized carbons (Fsp3) is 0.458. The van der Waals surface area contributed by atoms with Gasteiger partial charge in [0.05, 0.1) is 6.04 Å². The smallest absolute Gasteiger partial charge is 0.220 e. The van der Waals surface area contributed by atoms with Crippen LogP contribution in [-0.4, -0.2) is 30.4 Å². The number of rotatable bonds is 8. The Morgan fingerprint density at radius 2 is 1.68 bits per heavy atom. The van der Waals surface area contributed by atoms with Crippen molar-refractivity contribution in [1.82, 2.24) is 10.2 Å². The molecule has 2 aliphatic rings. The summed E-state index contributed by atoms with van der Waals surface area (Å²) in [5.74, 6) is 0.854. The molecule has 1 aliphatic heterocycles. The van der Waals surface area contributed by atoms with E-state index in [1.165, 1.54) is 43.4 Å². The predicted molar refractivity (Wildman–Crippen MR) is 109 cm³/mol. The largest absolute Gasteiger partial charge is 0.354 e. The molecule has 0 radical (unpaired) electrons. The van der Waals surface area contributed by atoms with Gasteiger partial charge in [0, 0.05) is 13.0 Å². The van der Waals surface area contributed by atoms with Gasteiger partial charge in [-0.2, -0.15) is 0 Å². The van der Waals surface area contributed by atoms with Gasteiger partial charge in [-0.25, -0.2) is 4.39 Å². The monoisotopic (exact) mass is 380 g/mol. The number of hydrogen-bond acceptors (Lipinski definition) is 2. The first-order valence-electron chi connectivity index (χ1n) is 10.5. The summed E-state index contributed by atoms with van der Waals surface area (Å²) < 4.78 is 13.3. The van der Waals surface area contributed by atoms with E-state index in [2.05, 4.69) is 34.5 Å². The van der Waals surface area contributed by atoms with Crippen molar-refractivity contribution in [2.75, 3.05) is 19.6 Å². The Kier molecular flexibility index (Phi) is 6.06. The van der Waals surface area contributed by atoms with Crippen molar-refractivity contribution in [3.63, 3.8) is 0 Å². The van der Waals surface area contributed by atoms with Crippen molar-refractivity contribution < 1.29 is 9.18 Å². The second kappa shape index (κ2) is 8.87. The Morgan fingerprint density at radius 1 is 1.00 bits per heavy atom. The summed E-state index contributed by atoms with van der Waals surface area (Å²) in [5, 5.41) is 3.18. The zero-order valence-corrected chi connectivity index (χ0v) is 16.3. The van der Waals surface area contributed by atoms with Gasteiger partial charge >= 0.3 is 0 Å². The number of carbonyl (C=O) groups is 1. The molecule has 2 fully saturated rings. The van der Waals surface area contributed by atoms with E-state index < -0.39 is 0 Å². The van der Waals surface area contributed by atoms with Gasteiger partial charge in [-0.1, -0.05) is 42.5 Å². The summed E-state index contributed by atoms with van der Waals surface area (Å²) in [6, 6.07) is 17.3. The lowest BCUT2D eigenvalue weighted by molar-refractivity contribution is -0.121. The maximum atomic E-state index is 13.3. The highest BCUT2D eigenvalue weighted by Gasteiger charge is 2.34. The van der Waals surface area contributed by atoms with E-state index in [-0.39, 0.29) is 17.8 Å². The summed E-state index contributed by atoms with van der Waals surface area (Å²) in [6.45, 7) is 2.65. The van der Waals surface area contributed by atoms with Crippen LogP contribution in [-0.2, 0) is 4.79 Å². The Labute approximate surface area is 166 Å². The third-order valence-corrected chi connectivity index (χ3v) is 6.15. The molecule has 28 heavy (non-hydrogen) atoms. The molecule has 1 amide bonds. The van der Waals surface area contributed by atoms with E-state index in [9.17, 15) is 9.18 Å². The number of nitrogens with zero attached hydrogens (tertiary/aromatic N) is 1. The molecular weight excluding hydrogens is 351 g/mol. The number of carbonyl (C=O) groups excluding carboxylic acids is 1. The summed E-state index contributed by atoms with van der Waals surface area (Å²) >= 11 is 0. The van der Waals surface area contributed by atoms with E-state index in [1.54, 1.807) is 0 Å². The quantitative estimate of drug-likeness (QED) is 0.722. The first kappa shape index (κ1) is 19.1. The molecule has 3 nitrogen and oxygen atoms in total. The van der Waals surface area contributed by atoms with Crippen molar-refractivity contribution in [1.29, 1.82) is 0 Å². The molecule has 0 spiro atoms. The highest BCUT2D eigenvalue weighted by atomic mass is 19.1. The Hall–Kier alpha value is -2.20. The first-order valence-corrected chi connectivity index (χ1v) is 10.5. The van der Waals surface area contributed by atoms with E-state index >= 15 is 0 Å². The summed E-state index contributed by atoms with van der Waals surface area (Å²) in [5.41, 5.74) is 2.35. The van der Waals surface area contributed by atoms with Gasteiger partial charge in [-0.3, -0.25) is 9.69 Å². The van der Waals surface area contributed by atoms with E-state index in [0.717, 1.165) is 18.7 Å². The molecule has 4 heteroatoms. The van der Waals surface area contributed by atoms with Crippen LogP contribution in [0, 0.1) is 11.7 Å². The minimum absolute atomic E-state index is 0.114. The van der Waals surface area contributed by atoms with Crippen molar-refractivity contribution in [2.45, 2.75) is 44.1 Å². The number of halogens is 1. The summed E-state index contributed by atoms with van der Waals surface area (Å²) in [4.78, 5) is 15.2. The van der Waals surface area contributed by atoms with Gasteiger partial charge in [-0.05, 0) is 73.9 Å². The van der Waals surface area contributed by atoms with E-state index in [4.69, 9.17) is 0 Å². The number of hydrogen-bond donors (Lipinski definition) is 1. The Morgan fingerprint density at radius 3 is 2.32 bits per heavy atom. The number of nitrogens with one attached hydrogen (secondary N) is 1. The maximum absolute atomic E-state index is 13.3. The molecule has 2 aromatic carbocycles. The lowest BCUT2D eigenvalue weighted by Crippen LogP contribution is -2.37. The van der Waals surface area contributed by atoms with Gasteiger partial charge < -0.3 is 5.32 Å². The standard InChI is InChI=1S/C24H29FN2O/c25-21-12-10-20(11-13-21)23(27-14-4-5-15-27)17-26-24(28)16-22(19-8-9-19)18-6-2-1-3-7-18/h1-3,6-7,10-13,19,22-23H,4-5,8-9,14-17H2,(H,26,28). The molecule has 2 aromatic rings. The molecule has 148 valence electrons. The normalized spacial score (nSPS) is 19.3. The van der Waals surface area contributed by atoms with Crippen LogP contribution in [0.3, 0.4) is 0 Å². The molecule has 4 rings (SSSR count). The lowest BCUT2D eigenvalue weighted by atomic mass is 9.90. The van der Waals surface area contributed by atoms with Crippen LogP contribution in [0.2, 0.25) is 0 Å². The maximum Gasteiger partial charge on any atom is 0.220 e. The highest BCUT2D eigenvalue weighted by molar-refractivity contribution is 5.77. The van der Waals surface area contributed by atoms with Crippen LogP contribution in [0.5, 0.6) is 0 Å². The average molecular weight is 381 g/mol. The van der Waals surface area contributed by atoms with Gasteiger partial charge in [0.15, 0.2) is 0 Å². The minimum Gasteiger partial charge on any atom is -0.354 e. The second-order valence-corrected chi connectivity index (χ2v) is 8.17. The van der Waals surface area contributed by atoms with Crippen molar-refractivity contribution in [3.8, 4) is 0 Å². The van der Waals surface area contributed by atoms with Crippen LogP contribution in [0.4, 0.5) is 4.39 Å². The van der Waals surface area contributed by atoms with Crippen molar-refractivity contribution in [3.05, 3.63) is 71.5 Å². The van der Waals surface area contributed by atoms with Gasteiger partial charge in [-0.15, -0.1) is 0 Å². The molecule has 2 atom stereocenters. The fourth-order valence-electron chi connectivity index (χ4n) is 4.43. The zero-order valence-electron chi connectivity index (χ0n) is 16.3. The third-order valence-electron chi connectivity index (χ3n) is 6.15. The molecule has 1 aliphatic carbocycles. The van der Waals surface area contributed by atoms with Crippen LogP contribution in [0.25, 0.3) is 0 Å². The predicted octanol–water partition coefficient (Wildman–Crippen LogP) is 4.66. The lowest BCUT2D eigenvalue weighted by Gasteiger charge is -2.28. The van der Waals surface area contributed by atoms with Crippen LogP contribution >= 0.6 is 0 Å². The number of benzene rings is 2. The van der Waals surface area contributed by atoms with Crippen molar-refractivity contribution >= 4 is 5.91 Å². The van der Waals surface area contributed by atoms with Gasteiger partial charge in [0.1, 0.15) is 5.82 Å². The molecule has 2 unspecified atom stereocenters.